The van der Waals surface area contributed by atoms with E-state index in [1.807, 2.05) is 6.07 Å². The molecule has 0 saturated carbocycles. The molecule has 0 spiro atoms. The first kappa shape index (κ1) is 15.6. The van der Waals surface area contributed by atoms with Crippen LogP contribution in [-0.2, 0) is 6.54 Å². The molecule has 8 heteroatoms. The summed E-state index contributed by atoms with van der Waals surface area (Å²) in [5, 5.41) is 2.77. The van der Waals surface area contributed by atoms with Crippen molar-refractivity contribution >= 4 is 11.6 Å². The van der Waals surface area contributed by atoms with Gasteiger partial charge in [-0.1, -0.05) is 6.07 Å². The van der Waals surface area contributed by atoms with Crippen molar-refractivity contribution in [3.8, 4) is 5.75 Å². The van der Waals surface area contributed by atoms with E-state index in [4.69, 9.17) is 5.73 Å². The van der Waals surface area contributed by atoms with E-state index in [0.29, 0.717) is 12.2 Å². The first-order chi connectivity index (χ1) is 10.4. The fourth-order valence-electron chi connectivity index (χ4n) is 1.59. The molecule has 0 unspecified atom stereocenters. The zero-order chi connectivity index (χ0) is 16.0. The van der Waals surface area contributed by atoms with Crippen LogP contribution >= 0.6 is 0 Å². The lowest BCUT2D eigenvalue weighted by atomic mass is 10.3. The van der Waals surface area contributed by atoms with E-state index in [-0.39, 0.29) is 11.7 Å². The number of nitrogens with zero attached hydrogens (tertiary/aromatic N) is 2. The van der Waals surface area contributed by atoms with Crippen molar-refractivity contribution in [2.75, 3.05) is 5.32 Å². The molecule has 0 aliphatic carbocycles. The van der Waals surface area contributed by atoms with Crippen LogP contribution in [0.4, 0.5) is 18.9 Å². The van der Waals surface area contributed by atoms with E-state index < -0.39 is 6.36 Å². The number of hydrogen-bond donors (Lipinski definition) is 2. The summed E-state index contributed by atoms with van der Waals surface area (Å²) in [4.78, 5) is 8.17. The highest BCUT2D eigenvalue weighted by Gasteiger charge is 2.30. The predicted octanol–water partition coefficient (Wildman–Crippen LogP) is 2.91. The number of alkyl halides is 3. The Morgan fingerprint density at radius 2 is 1.91 bits per heavy atom. The summed E-state index contributed by atoms with van der Waals surface area (Å²) < 4.78 is 39.9. The number of nitrogens with one attached hydrogen (secondary N) is 1. The number of nitrogens with two attached hydrogens (primary N) is 1. The van der Waals surface area contributed by atoms with Gasteiger partial charge >= 0.3 is 6.36 Å². The van der Waals surface area contributed by atoms with Gasteiger partial charge in [0.1, 0.15) is 5.75 Å². The molecule has 1 aromatic heterocycles. The number of ether oxygens (including phenoxy) is 1. The van der Waals surface area contributed by atoms with Crippen LogP contribution in [0.3, 0.4) is 0 Å². The van der Waals surface area contributed by atoms with E-state index in [1.54, 1.807) is 18.3 Å². The molecule has 3 N–H and O–H groups in total. The first-order valence-corrected chi connectivity index (χ1v) is 6.25. The summed E-state index contributed by atoms with van der Waals surface area (Å²) in [6.07, 6.45) is -3.06. The van der Waals surface area contributed by atoms with E-state index in [0.717, 1.165) is 5.69 Å². The van der Waals surface area contributed by atoms with Crippen molar-refractivity contribution in [3.05, 3.63) is 54.4 Å². The molecular weight excluding hydrogens is 297 g/mol. The standard InChI is InChI=1S/C14H13F3N4O/c15-14(16,17)22-12-6-4-10(5-7-12)21-13(18)20-9-11-3-1-2-8-19-11/h1-8H,9H2,(H3,18,20,21). The number of benzene rings is 1. The third-order valence-electron chi connectivity index (χ3n) is 2.50. The van der Waals surface area contributed by atoms with Gasteiger partial charge in [0.05, 0.1) is 12.2 Å². The Kier molecular flexibility index (Phi) is 4.82. The van der Waals surface area contributed by atoms with Gasteiger partial charge in [-0.3, -0.25) is 4.98 Å². The van der Waals surface area contributed by atoms with Crippen LogP contribution in [0.15, 0.2) is 53.7 Å². The van der Waals surface area contributed by atoms with E-state index in [9.17, 15) is 13.2 Å². The SMILES string of the molecule is NC(=NCc1ccccn1)Nc1ccc(OC(F)(F)F)cc1. The van der Waals surface area contributed by atoms with Gasteiger partial charge in [-0.15, -0.1) is 13.2 Å². The lowest BCUT2D eigenvalue weighted by Crippen LogP contribution is -2.22. The van der Waals surface area contributed by atoms with Gasteiger partial charge in [0.25, 0.3) is 0 Å². The maximum Gasteiger partial charge on any atom is 0.573 e. The van der Waals surface area contributed by atoms with Gasteiger partial charge < -0.3 is 15.8 Å². The molecule has 0 fully saturated rings. The molecule has 22 heavy (non-hydrogen) atoms. The number of aromatic nitrogens is 1. The highest BCUT2D eigenvalue weighted by Crippen LogP contribution is 2.23. The quantitative estimate of drug-likeness (QED) is 0.673. The summed E-state index contributed by atoms with van der Waals surface area (Å²) in [7, 11) is 0. The number of hydrogen-bond acceptors (Lipinski definition) is 3. The van der Waals surface area contributed by atoms with Gasteiger partial charge in [0.2, 0.25) is 0 Å². The van der Waals surface area contributed by atoms with Gasteiger partial charge in [-0.2, -0.15) is 0 Å². The van der Waals surface area contributed by atoms with Crippen LogP contribution in [0.25, 0.3) is 0 Å². The van der Waals surface area contributed by atoms with Crippen molar-refractivity contribution < 1.29 is 17.9 Å². The number of pyridine rings is 1. The van der Waals surface area contributed by atoms with Crippen molar-refractivity contribution in [2.24, 2.45) is 10.7 Å². The average molecular weight is 310 g/mol. The third kappa shape index (κ3) is 5.31. The number of halogens is 3. The second-order valence-corrected chi connectivity index (χ2v) is 4.22. The second kappa shape index (κ2) is 6.79. The third-order valence-corrected chi connectivity index (χ3v) is 2.50. The summed E-state index contributed by atoms with van der Waals surface area (Å²) in [5.41, 5.74) is 6.94. The Morgan fingerprint density at radius 3 is 2.50 bits per heavy atom. The molecule has 0 amide bonds. The summed E-state index contributed by atoms with van der Waals surface area (Å²) in [5.74, 6) is -0.169. The van der Waals surface area contributed by atoms with Crippen LogP contribution in [0.5, 0.6) is 5.75 Å². The molecule has 2 rings (SSSR count). The Balaban J connectivity index is 1.92. The molecule has 5 nitrogen and oxygen atoms in total. The second-order valence-electron chi connectivity index (χ2n) is 4.22. The van der Waals surface area contributed by atoms with E-state index >= 15 is 0 Å². The lowest BCUT2D eigenvalue weighted by Gasteiger charge is -2.10. The molecule has 0 aliphatic heterocycles. The monoisotopic (exact) mass is 310 g/mol. The average Bonchev–Trinajstić information content (AvgIpc) is 2.47. The molecule has 2 aromatic rings. The van der Waals surface area contributed by atoms with Gasteiger partial charge in [-0.05, 0) is 36.4 Å². The minimum absolute atomic E-state index is 0.134. The Hall–Kier alpha value is -2.77. The van der Waals surface area contributed by atoms with Gasteiger partial charge in [-0.25, -0.2) is 4.99 Å². The van der Waals surface area contributed by atoms with Gasteiger partial charge in [0, 0.05) is 11.9 Å². The predicted molar refractivity (Wildman–Crippen MR) is 76.3 cm³/mol. The summed E-state index contributed by atoms with van der Waals surface area (Å²) >= 11 is 0. The van der Waals surface area contributed by atoms with Crippen molar-refractivity contribution in [3.63, 3.8) is 0 Å². The van der Waals surface area contributed by atoms with E-state index in [1.165, 1.54) is 24.3 Å². The van der Waals surface area contributed by atoms with Gasteiger partial charge in [0.15, 0.2) is 5.96 Å². The smallest absolute Gasteiger partial charge is 0.406 e. The fraction of sp³-hybridized carbons (Fsp3) is 0.143. The molecule has 0 bridgehead atoms. The van der Waals surface area contributed by atoms with Crippen molar-refractivity contribution in [1.82, 2.24) is 4.98 Å². The zero-order valence-electron chi connectivity index (χ0n) is 11.3. The number of guanidine groups is 1. The molecule has 1 heterocycles. The fourth-order valence-corrected chi connectivity index (χ4v) is 1.59. The Morgan fingerprint density at radius 1 is 1.18 bits per heavy atom. The molecule has 0 aliphatic rings. The molecule has 0 atom stereocenters. The van der Waals surface area contributed by atoms with Crippen LogP contribution in [0.2, 0.25) is 0 Å². The summed E-state index contributed by atoms with van der Waals surface area (Å²) in [6.45, 7) is 0.301. The molecular formula is C14H13F3N4O. The summed E-state index contributed by atoms with van der Waals surface area (Å²) in [6, 6.07) is 10.6. The maximum absolute atomic E-state index is 12.0. The molecule has 0 radical (unpaired) electrons. The zero-order valence-corrected chi connectivity index (χ0v) is 11.3. The Labute approximate surface area is 124 Å². The topological polar surface area (TPSA) is 72.5 Å². The largest absolute Gasteiger partial charge is 0.573 e. The van der Waals surface area contributed by atoms with E-state index in [2.05, 4.69) is 20.0 Å². The number of aliphatic imine (C=N–C) groups is 1. The van der Waals surface area contributed by atoms with Crippen LogP contribution in [0, 0.1) is 0 Å². The highest BCUT2D eigenvalue weighted by molar-refractivity contribution is 5.92. The van der Waals surface area contributed by atoms with Crippen LogP contribution in [0.1, 0.15) is 5.69 Å². The Bertz CT molecular complexity index is 627. The minimum atomic E-state index is -4.71. The highest BCUT2D eigenvalue weighted by atomic mass is 19.4. The maximum atomic E-state index is 12.0. The molecule has 116 valence electrons. The normalized spacial score (nSPS) is 12.0. The number of rotatable bonds is 4. The minimum Gasteiger partial charge on any atom is -0.406 e. The first-order valence-electron chi connectivity index (χ1n) is 6.25. The number of anilines is 1. The lowest BCUT2D eigenvalue weighted by molar-refractivity contribution is -0.274. The van der Waals surface area contributed by atoms with Crippen LogP contribution in [-0.4, -0.2) is 17.3 Å². The molecule has 0 saturated heterocycles. The van der Waals surface area contributed by atoms with Crippen LogP contribution < -0.4 is 15.8 Å². The molecule has 1 aromatic carbocycles. The van der Waals surface area contributed by atoms with Crippen molar-refractivity contribution in [2.45, 2.75) is 12.9 Å². The van der Waals surface area contributed by atoms with Crippen molar-refractivity contribution in [1.29, 1.82) is 0 Å².